The van der Waals surface area contributed by atoms with Crippen molar-refractivity contribution in [2.75, 3.05) is 13.2 Å². The van der Waals surface area contributed by atoms with Crippen LogP contribution >= 0.6 is 0 Å². The summed E-state index contributed by atoms with van der Waals surface area (Å²) >= 11 is 0. The van der Waals surface area contributed by atoms with Gasteiger partial charge >= 0.3 is 0 Å². The number of nitrogens with one attached hydrogen (secondary N) is 1. The van der Waals surface area contributed by atoms with Crippen LogP contribution in [0.15, 0.2) is 0 Å². The summed E-state index contributed by atoms with van der Waals surface area (Å²) in [6.07, 6.45) is 7.71. The highest BCUT2D eigenvalue weighted by atomic mass is 16.5. The van der Waals surface area contributed by atoms with E-state index < -0.39 is 0 Å². The zero-order valence-electron chi connectivity index (χ0n) is 11.4. The zero-order chi connectivity index (χ0) is 12.3. The van der Waals surface area contributed by atoms with Crippen molar-refractivity contribution in [3.05, 3.63) is 0 Å². The molecule has 3 heteroatoms. The molecule has 0 aromatic carbocycles. The van der Waals surface area contributed by atoms with Gasteiger partial charge in [0.25, 0.3) is 0 Å². The molecule has 1 aliphatic heterocycles. The van der Waals surface area contributed by atoms with Crippen LogP contribution in [-0.4, -0.2) is 19.3 Å². The molecule has 3 N–H and O–H groups in total. The number of ether oxygens (including phenoxy) is 1. The van der Waals surface area contributed by atoms with Crippen molar-refractivity contribution >= 4 is 0 Å². The molecule has 1 aliphatic carbocycles. The summed E-state index contributed by atoms with van der Waals surface area (Å²) in [4.78, 5) is 0. The highest BCUT2D eigenvalue weighted by molar-refractivity contribution is 4.92. The normalized spacial score (nSPS) is 31.6. The van der Waals surface area contributed by atoms with E-state index in [2.05, 4.69) is 19.3 Å². The summed E-state index contributed by atoms with van der Waals surface area (Å²) in [5, 5.41) is 0. The van der Waals surface area contributed by atoms with Crippen molar-refractivity contribution in [1.29, 1.82) is 0 Å². The molecule has 1 heterocycles. The summed E-state index contributed by atoms with van der Waals surface area (Å²) < 4.78 is 5.43. The van der Waals surface area contributed by atoms with Crippen LogP contribution in [0.5, 0.6) is 0 Å². The summed E-state index contributed by atoms with van der Waals surface area (Å²) in [5.41, 5.74) is 3.57. The molecular formula is C14H28N2O. The maximum Gasteiger partial charge on any atom is 0.0468 e. The first-order chi connectivity index (χ1) is 8.13. The highest BCUT2D eigenvalue weighted by Gasteiger charge is 2.39. The second-order valence-electron chi connectivity index (χ2n) is 6.55. The molecule has 2 aliphatic rings. The van der Waals surface area contributed by atoms with Gasteiger partial charge in [-0.1, -0.05) is 20.3 Å². The van der Waals surface area contributed by atoms with E-state index in [1.807, 2.05) is 0 Å². The number of hydrazine groups is 1. The van der Waals surface area contributed by atoms with E-state index in [9.17, 15) is 0 Å². The predicted octanol–water partition coefficient (Wildman–Crippen LogP) is 2.46. The molecule has 0 spiro atoms. The van der Waals surface area contributed by atoms with Gasteiger partial charge in [0.1, 0.15) is 0 Å². The maximum absolute atomic E-state index is 5.81. The Balaban J connectivity index is 1.91. The Bertz CT molecular complexity index is 236. The Morgan fingerprint density at radius 2 is 2.00 bits per heavy atom. The van der Waals surface area contributed by atoms with Crippen LogP contribution in [0.3, 0.4) is 0 Å². The molecule has 3 nitrogen and oxygen atoms in total. The molecule has 1 saturated heterocycles. The van der Waals surface area contributed by atoms with Gasteiger partial charge in [0.2, 0.25) is 0 Å². The SMILES string of the molecule is CC1(C)CCCC1C(CC1CCOCC1)NN. The minimum Gasteiger partial charge on any atom is -0.381 e. The van der Waals surface area contributed by atoms with Gasteiger partial charge in [0.05, 0.1) is 0 Å². The van der Waals surface area contributed by atoms with Crippen molar-refractivity contribution in [3.63, 3.8) is 0 Å². The van der Waals surface area contributed by atoms with Crippen molar-refractivity contribution in [2.24, 2.45) is 23.1 Å². The van der Waals surface area contributed by atoms with Crippen molar-refractivity contribution in [1.82, 2.24) is 5.43 Å². The van der Waals surface area contributed by atoms with Gasteiger partial charge < -0.3 is 4.74 Å². The Morgan fingerprint density at radius 3 is 2.53 bits per heavy atom. The van der Waals surface area contributed by atoms with E-state index in [-0.39, 0.29) is 0 Å². The van der Waals surface area contributed by atoms with Crippen molar-refractivity contribution < 1.29 is 4.74 Å². The van der Waals surface area contributed by atoms with Crippen LogP contribution in [0.25, 0.3) is 0 Å². The van der Waals surface area contributed by atoms with E-state index in [1.54, 1.807) is 0 Å². The standard InChI is InChI=1S/C14H28N2O/c1-14(2)7-3-4-12(14)13(16-15)10-11-5-8-17-9-6-11/h11-13,16H,3-10,15H2,1-2H3. The summed E-state index contributed by atoms with van der Waals surface area (Å²) in [6.45, 7) is 6.68. The second-order valence-corrected chi connectivity index (χ2v) is 6.55. The summed E-state index contributed by atoms with van der Waals surface area (Å²) in [6, 6.07) is 0.496. The number of rotatable bonds is 4. The third kappa shape index (κ3) is 3.21. The number of hydrogen-bond donors (Lipinski definition) is 2. The average molecular weight is 240 g/mol. The first-order valence-corrected chi connectivity index (χ1v) is 7.17. The Hall–Kier alpha value is -0.120. The van der Waals surface area contributed by atoms with Gasteiger partial charge in [0.15, 0.2) is 0 Å². The predicted molar refractivity (Wildman–Crippen MR) is 70.4 cm³/mol. The van der Waals surface area contributed by atoms with Gasteiger partial charge in [-0.25, -0.2) is 0 Å². The molecule has 0 aromatic rings. The molecule has 100 valence electrons. The molecule has 0 bridgehead atoms. The van der Waals surface area contributed by atoms with Gasteiger partial charge in [0, 0.05) is 19.3 Å². The lowest BCUT2D eigenvalue weighted by atomic mass is 9.74. The quantitative estimate of drug-likeness (QED) is 0.586. The molecule has 0 amide bonds. The lowest BCUT2D eigenvalue weighted by molar-refractivity contribution is 0.0537. The third-order valence-corrected chi connectivity index (χ3v) is 4.97. The van der Waals surface area contributed by atoms with Crippen LogP contribution in [0, 0.1) is 17.3 Å². The molecule has 0 aromatic heterocycles. The van der Waals surface area contributed by atoms with E-state index >= 15 is 0 Å². The van der Waals surface area contributed by atoms with Crippen LogP contribution in [0.1, 0.15) is 52.4 Å². The van der Waals surface area contributed by atoms with Crippen LogP contribution in [-0.2, 0) is 4.74 Å². The smallest absolute Gasteiger partial charge is 0.0468 e. The topological polar surface area (TPSA) is 47.3 Å². The molecule has 1 saturated carbocycles. The highest BCUT2D eigenvalue weighted by Crippen LogP contribution is 2.45. The summed E-state index contributed by atoms with van der Waals surface area (Å²) in [5.74, 6) is 7.36. The van der Waals surface area contributed by atoms with Gasteiger partial charge in [-0.05, 0) is 49.4 Å². The van der Waals surface area contributed by atoms with Gasteiger partial charge in [-0.2, -0.15) is 0 Å². The second kappa shape index (κ2) is 5.68. The Kier molecular flexibility index (Phi) is 4.45. The van der Waals surface area contributed by atoms with Crippen LogP contribution in [0.4, 0.5) is 0 Å². The molecule has 17 heavy (non-hydrogen) atoms. The van der Waals surface area contributed by atoms with E-state index in [0.29, 0.717) is 11.5 Å². The van der Waals surface area contributed by atoms with Gasteiger partial charge in [-0.3, -0.25) is 11.3 Å². The monoisotopic (exact) mass is 240 g/mol. The molecule has 2 fully saturated rings. The first kappa shape index (κ1) is 13.3. The fraction of sp³-hybridized carbons (Fsp3) is 1.00. The van der Waals surface area contributed by atoms with E-state index in [4.69, 9.17) is 10.6 Å². The minimum atomic E-state index is 0.461. The number of hydrogen-bond acceptors (Lipinski definition) is 3. The molecule has 2 rings (SSSR count). The average Bonchev–Trinajstić information content (AvgIpc) is 2.67. The van der Waals surface area contributed by atoms with Gasteiger partial charge in [-0.15, -0.1) is 0 Å². The van der Waals surface area contributed by atoms with Crippen molar-refractivity contribution in [2.45, 2.75) is 58.4 Å². The van der Waals surface area contributed by atoms with Crippen LogP contribution < -0.4 is 11.3 Å². The maximum atomic E-state index is 5.81. The molecule has 2 unspecified atom stereocenters. The molecular weight excluding hydrogens is 212 g/mol. The lowest BCUT2D eigenvalue weighted by Gasteiger charge is -2.36. The Labute approximate surface area is 105 Å². The first-order valence-electron chi connectivity index (χ1n) is 7.17. The zero-order valence-corrected chi connectivity index (χ0v) is 11.4. The Morgan fingerprint density at radius 1 is 1.29 bits per heavy atom. The minimum absolute atomic E-state index is 0.461. The molecule has 0 radical (unpaired) electrons. The fourth-order valence-corrected chi connectivity index (χ4v) is 3.79. The molecule has 2 atom stereocenters. The van der Waals surface area contributed by atoms with Crippen LogP contribution in [0.2, 0.25) is 0 Å². The van der Waals surface area contributed by atoms with E-state index in [0.717, 1.165) is 25.0 Å². The fourth-order valence-electron chi connectivity index (χ4n) is 3.79. The largest absolute Gasteiger partial charge is 0.381 e. The number of nitrogens with two attached hydrogens (primary N) is 1. The summed E-state index contributed by atoms with van der Waals surface area (Å²) in [7, 11) is 0. The third-order valence-electron chi connectivity index (χ3n) is 4.97. The van der Waals surface area contributed by atoms with E-state index in [1.165, 1.54) is 38.5 Å². The van der Waals surface area contributed by atoms with Crippen molar-refractivity contribution in [3.8, 4) is 0 Å². The lowest BCUT2D eigenvalue weighted by Crippen LogP contribution is -2.46.